The zero-order valence-electron chi connectivity index (χ0n) is 18.6. The van der Waals surface area contributed by atoms with Crippen LogP contribution in [0.2, 0.25) is 5.02 Å². The largest absolute Gasteiger partial charge is 0.497 e. The Balaban J connectivity index is 0.00000306. The van der Waals surface area contributed by atoms with E-state index in [1.807, 2.05) is 48.2 Å². The minimum Gasteiger partial charge on any atom is -0.497 e. The number of nitrogens with zero attached hydrogens (tertiary/aromatic N) is 3. The Morgan fingerprint density at radius 1 is 1.27 bits per heavy atom. The zero-order valence-corrected chi connectivity index (χ0v) is 21.8. The number of fused-ring (bicyclic) bond motifs is 1. The van der Waals surface area contributed by atoms with Crippen LogP contribution in [0.4, 0.5) is 5.13 Å². The van der Waals surface area contributed by atoms with Gasteiger partial charge in [-0.2, -0.15) is 0 Å². The van der Waals surface area contributed by atoms with Gasteiger partial charge >= 0.3 is 0 Å². The molecule has 1 aliphatic heterocycles. The molecule has 2 heterocycles. The average molecular weight is 529 g/mol. The van der Waals surface area contributed by atoms with Crippen LogP contribution in [-0.4, -0.2) is 68.0 Å². The quantitative estimate of drug-likeness (QED) is 0.377. The van der Waals surface area contributed by atoms with Gasteiger partial charge in [0, 0.05) is 36.1 Å². The third-order valence-electron chi connectivity index (χ3n) is 5.34. The van der Waals surface area contributed by atoms with Crippen molar-refractivity contribution in [1.29, 1.82) is 0 Å². The number of rotatable bonds is 8. The highest BCUT2D eigenvalue weighted by molar-refractivity contribution is 8.00. The van der Waals surface area contributed by atoms with Crippen molar-refractivity contribution < 1.29 is 14.3 Å². The molecule has 0 unspecified atom stereocenters. The number of carbonyl (C=O) groups is 1. The second-order valence-corrected chi connectivity index (χ2v) is 10.0. The third-order valence-corrected chi connectivity index (χ3v) is 7.58. The van der Waals surface area contributed by atoms with E-state index in [9.17, 15) is 4.79 Å². The maximum atomic E-state index is 13.3. The Bertz CT molecular complexity index is 1070. The summed E-state index contributed by atoms with van der Waals surface area (Å²) in [5.74, 6) is 1.18. The van der Waals surface area contributed by atoms with Crippen molar-refractivity contribution >= 4 is 68.4 Å². The molecule has 1 amide bonds. The van der Waals surface area contributed by atoms with E-state index in [0.29, 0.717) is 17.3 Å². The van der Waals surface area contributed by atoms with Crippen molar-refractivity contribution in [3.05, 3.63) is 47.0 Å². The number of methoxy groups -OCH3 is 1. The van der Waals surface area contributed by atoms with E-state index in [0.717, 1.165) is 64.4 Å². The highest BCUT2D eigenvalue weighted by Crippen LogP contribution is 2.33. The summed E-state index contributed by atoms with van der Waals surface area (Å²) in [6, 6.07) is 11.6. The van der Waals surface area contributed by atoms with Gasteiger partial charge in [-0.15, -0.1) is 24.2 Å². The van der Waals surface area contributed by atoms with Crippen molar-refractivity contribution in [2.45, 2.75) is 11.8 Å². The van der Waals surface area contributed by atoms with Gasteiger partial charge < -0.3 is 9.47 Å². The number of hydrogen-bond acceptors (Lipinski definition) is 7. The summed E-state index contributed by atoms with van der Waals surface area (Å²) in [7, 11) is 1.64. The molecule has 0 aliphatic carbocycles. The molecule has 0 saturated carbocycles. The van der Waals surface area contributed by atoms with Gasteiger partial charge in [-0.1, -0.05) is 22.9 Å². The van der Waals surface area contributed by atoms with Gasteiger partial charge in [-0.3, -0.25) is 14.6 Å². The van der Waals surface area contributed by atoms with Gasteiger partial charge in [0.25, 0.3) is 0 Å². The maximum absolute atomic E-state index is 13.3. The summed E-state index contributed by atoms with van der Waals surface area (Å²) in [6.45, 7) is 6.62. The number of carbonyl (C=O) groups excluding carboxylic acids is 1. The van der Waals surface area contributed by atoms with E-state index < -0.39 is 0 Å². The number of halogens is 2. The summed E-state index contributed by atoms with van der Waals surface area (Å²) in [5.41, 5.74) is 1.92. The van der Waals surface area contributed by atoms with Gasteiger partial charge in [0.2, 0.25) is 5.91 Å². The first-order chi connectivity index (χ1) is 15.5. The predicted octanol–water partition coefficient (Wildman–Crippen LogP) is 5.15. The molecule has 4 rings (SSSR count). The molecule has 1 aromatic heterocycles. The van der Waals surface area contributed by atoms with Gasteiger partial charge in [0.05, 0.1) is 36.3 Å². The van der Waals surface area contributed by atoms with E-state index in [1.54, 1.807) is 7.11 Å². The van der Waals surface area contributed by atoms with Gasteiger partial charge in [-0.25, -0.2) is 4.98 Å². The number of hydrogen-bond donors (Lipinski definition) is 0. The van der Waals surface area contributed by atoms with E-state index in [1.165, 1.54) is 23.1 Å². The van der Waals surface area contributed by atoms with E-state index >= 15 is 0 Å². The Kier molecular flexibility index (Phi) is 9.67. The molecule has 0 atom stereocenters. The van der Waals surface area contributed by atoms with E-state index in [2.05, 4.69) is 4.90 Å². The Morgan fingerprint density at radius 2 is 2.00 bits per heavy atom. The van der Waals surface area contributed by atoms with Crippen LogP contribution in [0.3, 0.4) is 0 Å². The topological polar surface area (TPSA) is 54.9 Å². The molecule has 0 N–H and O–H groups in total. The summed E-state index contributed by atoms with van der Waals surface area (Å²) >= 11 is 9.28. The monoisotopic (exact) mass is 527 g/mol. The molecule has 0 bridgehead atoms. The molecule has 1 aliphatic rings. The van der Waals surface area contributed by atoms with Crippen LogP contribution in [0, 0.1) is 6.92 Å². The Hall–Kier alpha value is -1.55. The molecule has 2 aromatic carbocycles. The second kappa shape index (κ2) is 12.2. The smallest absolute Gasteiger partial charge is 0.239 e. The summed E-state index contributed by atoms with van der Waals surface area (Å²) in [6.07, 6.45) is 0. The molecule has 3 aromatic rings. The van der Waals surface area contributed by atoms with Gasteiger partial charge in [-0.05, 0) is 48.9 Å². The molecule has 0 radical (unpaired) electrons. The number of aryl methyl sites for hydroxylation is 1. The van der Waals surface area contributed by atoms with Crippen LogP contribution in [-0.2, 0) is 9.53 Å². The normalized spacial score (nSPS) is 14.2. The van der Waals surface area contributed by atoms with Crippen molar-refractivity contribution in [1.82, 2.24) is 9.88 Å². The molecule has 6 nitrogen and oxygen atoms in total. The van der Waals surface area contributed by atoms with Crippen LogP contribution >= 0.6 is 47.1 Å². The van der Waals surface area contributed by atoms with Crippen LogP contribution in [0.25, 0.3) is 10.2 Å². The lowest BCUT2D eigenvalue weighted by Crippen LogP contribution is -2.43. The predicted molar refractivity (Wildman–Crippen MR) is 140 cm³/mol. The van der Waals surface area contributed by atoms with Crippen molar-refractivity contribution in [2.75, 3.05) is 57.2 Å². The first kappa shape index (κ1) is 26.1. The lowest BCUT2D eigenvalue weighted by atomic mass is 10.2. The molecule has 178 valence electrons. The van der Waals surface area contributed by atoms with Crippen molar-refractivity contribution in [2.24, 2.45) is 0 Å². The first-order valence-electron chi connectivity index (χ1n) is 10.5. The number of benzene rings is 2. The van der Waals surface area contributed by atoms with E-state index in [-0.39, 0.29) is 18.3 Å². The molecule has 10 heteroatoms. The van der Waals surface area contributed by atoms with E-state index in [4.69, 9.17) is 26.1 Å². The number of anilines is 1. The lowest BCUT2D eigenvalue weighted by molar-refractivity contribution is -0.116. The Labute approximate surface area is 213 Å². The fraction of sp³-hybridized carbons (Fsp3) is 0.391. The average Bonchev–Trinajstić information content (AvgIpc) is 3.23. The second-order valence-electron chi connectivity index (χ2n) is 7.53. The highest BCUT2D eigenvalue weighted by Gasteiger charge is 2.22. The molecular formula is C23H27Cl2N3O3S2. The zero-order chi connectivity index (χ0) is 22.5. The number of thiazole rings is 1. The Morgan fingerprint density at radius 3 is 2.70 bits per heavy atom. The van der Waals surface area contributed by atoms with Crippen LogP contribution in [0.1, 0.15) is 5.56 Å². The number of ether oxygens (including phenoxy) is 2. The number of amides is 1. The van der Waals surface area contributed by atoms with Crippen molar-refractivity contribution in [3.8, 4) is 5.75 Å². The lowest BCUT2D eigenvalue weighted by Gasteiger charge is -2.29. The molecule has 0 spiro atoms. The molecule has 1 fully saturated rings. The molecular weight excluding hydrogens is 501 g/mol. The fourth-order valence-corrected chi connectivity index (χ4v) is 5.78. The number of thioether (sulfide) groups is 1. The van der Waals surface area contributed by atoms with Crippen LogP contribution < -0.4 is 9.64 Å². The van der Waals surface area contributed by atoms with Gasteiger partial charge in [0.1, 0.15) is 5.75 Å². The minimum atomic E-state index is 0. The third kappa shape index (κ3) is 6.74. The fourth-order valence-electron chi connectivity index (χ4n) is 3.55. The minimum absolute atomic E-state index is 0. The van der Waals surface area contributed by atoms with Crippen molar-refractivity contribution in [3.63, 3.8) is 0 Å². The maximum Gasteiger partial charge on any atom is 0.239 e. The highest BCUT2D eigenvalue weighted by atomic mass is 35.5. The SMILES string of the molecule is COc1ccc(SCC(=O)N(CCN2CCOCC2)c2nc3c(C)cc(Cl)cc3s2)cc1.Cl. The number of morpholine rings is 1. The standard InChI is InChI=1S/C23H26ClN3O3S2.ClH/c1-16-13-17(24)14-20-22(16)25-23(32-20)27(8-7-26-9-11-30-12-10-26)21(28)15-31-19-5-3-18(29-2)4-6-19;/h3-6,13-14H,7-12,15H2,1-2H3;1H. The molecule has 1 saturated heterocycles. The van der Waals surface area contributed by atoms with Crippen LogP contribution in [0.5, 0.6) is 5.75 Å². The summed E-state index contributed by atoms with van der Waals surface area (Å²) in [4.78, 5) is 23.3. The summed E-state index contributed by atoms with van der Waals surface area (Å²) in [5, 5.41) is 1.41. The molecule has 33 heavy (non-hydrogen) atoms. The van der Waals surface area contributed by atoms with Gasteiger partial charge in [0.15, 0.2) is 5.13 Å². The number of aromatic nitrogens is 1. The summed E-state index contributed by atoms with van der Waals surface area (Å²) < 4.78 is 11.7. The van der Waals surface area contributed by atoms with Crippen LogP contribution in [0.15, 0.2) is 41.3 Å². The first-order valence-corrected chi connectivity index (χ1v) is 12.7.